The minimum absolute atomic E-state index is 0.118. The van der Waals surface area contributed by atoms with E-state index in [0.29, 0.717) is 56.3 Å². The third-order valence-corrected chi connectivity index (χ3v) is 12.9. The van der Waals surface area contributed by atoms with Crippen molar-refractivity contribution in [2.24, 2.45) is 0 Å². The van der Waals surface area contributed by atoms with E-state index in [-0.39, 0.29) is 23.0 Å². The van der Waals surface area contributed by atoms with Crippen LogP contribution in [0.15, 0.2) is 60.7 Å². The zero-order chi connectivity index (χ0) is 35.7. The Morgan fingerprint density at radius 1 is 0.510 bits per heavy atom. The van der Waals surface area contributed by atoms with E-state index in [9.17, 15) is 0 Å². The lowest BCUT2D eigenvalue weighted by atomic mass is 9.83. The molecule has 0 saturated heterocycles. The van der Waals surface area contributed by atoms with Crippen LogP contribution in [0.3, 0.4) is 0 Å². The highest BCUT2D eigenvalue weighted by Gasteiger charge is 2.81. The van der Waals surface area contributed by atoms with E-state index >= 15 is 26.3 Å². The largest absolute Gasteiger partial charge is 0.380 e. The van der Waals surface area contributed by atoms with E-state index in [0.717, 1.165) is 36.8 Å². The lowest BCUT2D eigenvalue weighted by Crippen LogP contribution is -2.49. The van der Waals surface area contributed by atoms with Gasteiger partial charge in [-0.1, -0.05) is 114 Å². The molecule has 0 unspecified atom stereocenters. The van der Waals surface area contributed by atoms with Gasteiger partial charge in [-0.25, -0.2) is 0 Å². The maximum Gasteiger partial charge on any atom is 0.380 e. The van der Waals surface area contributed by atoms with Crippen molar-refractivity contribution in [3.05, 3.63) is 92.7 Å². The van der Waals surface area contributed by atoms with Gasteiger partial charge < -0.3 is 0 Å². The van der Waals surface area contributed by atoms with Gasteiger partial charge in [0, 0.05) is 41.8 Å². The molecular weight excluding hydrogens is 671 g/mol. The standard InChI is InChI=1S/C41H46F6S2/c1-7-17-27(18-8-2)37-31(25(5)35(48-37)29-21-13-11-14-22-29)33-34(40(44,45)41(46,47)39(33,42)43)32-26(6)36(30-23-15-12-16-24-30)49-38(32)28(19-9-3)20-10-4/h11-16,21-24,27-28H,7-10,17-20H2,1-6H3. The average molecular weight is 717 g/mol. The Morgan fingerprint density at radius 3 is 1.10 bits per heavy atom. The summed E-state index contributed by atoms with van der Waals surface area (Å²) in [5, 5.41) is 0. The van der Waals surface area contributed by atoms with Crippen molar-refractivity contribution in [3.8, 4) is 20.9 Å². The van der Waals surface area contributed by atoms with Gasteiger partial charge in [-0.3, -0.25) is 0 Å². The van der Waals surface area contributed by atoms with Crippen LogP contribution in [0.2, 0.25) is 0 Å². The molecular formula is C41H46F6S2. The van der Waals surface area contributed by atoms with Crippen LogP contribution in [0, 0.1) is 13.8 Å². The summed E-state index contributed by atoms with van der Waals surface area (Å²) >= 11 is 2.58. The van der Waals surface area contributed by atoms with Crippen molar-refractivity contribution in [1.29, 1.82) is 0 Å². The second kappa shape index (κ2) is 14.8. The van der Waals surface area contributed by atoms with Crippen LogP contribution in [0.1, 0.15) is 123 Å². The molecule has 4 aromatic rings. The first kappa shape index (κ1) is 37.4. The number of hydrogen-bond acceptors (Lipinski definition) is 2. The molecule has 1 aliphatic carbocycles. The molecule has 0 atom stereocenters. The van der Waals surface area contributed by atoms with Crippen molar-refractivity contribution in [2.75, 3.05) is 0 Å². The van der Waals surface area contributed by atoms with Crippen molar-refractivity contribution < 1.29 is 26.3 Å². The Kier molecular flexibility index (Phi) is 11.3. The summed E-state index contributed by atoms with van der Waals surface area (Å²) in [6.07, 6.45) is 5.47. The third kappa shape index (κ3) is 6.34. The molecule has 49 heavy (non-hydrogen) atoms. The summed E-state index contributed by atoms with van der Waals surface area (Å²) < 4.78 is 98.9. The van der Waals surface area contributed by atoms with Gasteiger partial charge in [-0.2, -0.15) is 26.3 Å². The number of hydrogen-bond donors (Lipinski definition) is 0. The maximum absolute atomic E-state index is 16.7. The monoisotopic (exact) mass is 716 g/mol. The number of thiophene rings is 2. The van der Waals surface area contributed by atoms with Crippen LogP contribution < -0.4 is 0 Å². The first-order valence-electron chi connectivity index (χ1n) is 17.6. The van der Waals surface area contributed by atoms with Gasteiger partial charge in [0.2, 0.25) is 0 Å². The van der Waals surface area contributed by atoms with E-state index in [2.05, 4.69) is 0 Å². The average Bonchev–Trinajstić information content (AvgIpc) is 3.62. The Labute approximate surface area is 295 Å². The second-order valence-electron chi connectivity index (χ2n) is 13.3. The molecule has 0 saturated carbocycles. The number of allylic oxidation sites excluding steroid dienone is 2. The summed E-state index contributed by atoms with van der Waals surface area (Å²) in [5.74, 6) is -16.3. The summed E-state index contributed by atoms with van der Waals surface area (Å²) in [4.78, 5) is 2.28. The van der Waals surface area contributed by atoms with E-state index in [1.54, 1.807) is 13.8 Å². The topological polar surface area (TPSA) is 0 Å². The maximum atomic E-state index is 16.7. The lowest BCUT2D eigenvalue weighted by molar-refractivity contribution is -0.254. The minimum atomic E-state index is -5.63. The van der Waals surface area contributed by atoms with Crippen molar-refractivity contribution in [1.82, 2.24) is 0 Å². The molecule has 264 valence electrons. The molecule has 1 aliphatic rings. The molecule has 2 heterocycles. The predicted molar refractivity (Wildman–Crippen MR) is 196 cm³/mol. The van der Waals surface area contributed by atoms with Crippen molar-refractivity contribution >= 4 is 33.8 Å². The van der Waals surface area contributed by atoms with Crippen LogP contribution in [0.25, 0.3) is 32.0 Å². The SMILES string of the molecule is CCCC(CCC)c1sc(-c2ccccc2)c(C)c1C1=C(c2c(C(CCC)CCC)sc(-c3ccccc3)c2C)C(F)(F)C(F)(F)C1(F)F. The summed E-state index contributed by atoms with van der Waals surface area (Å²) in [6, 6.07) is 18.4. The van der Waals surface area contributed by atoms with E-state index < -0.39 is 28.9 Å². The van der Waals surface area contributed by atoms with Crippen molar-refractivity contribution in [3.63, 3.8) is 0 Å². The zero-order valence-electron chi connectivity index (χ0n) is 29.2. The highest BCUT2D eigenvalue weighted by molar-refractivity contribution is 7.16. The summed E-state index contributed by atoms with van der Waals surface area (Å²) in [6.45, 7) is 11.2. The minimum Gasteiger partial charge on any atom is -0.194 e. The normalized spacial score (nSPS) is 16.8. The molecule has 0 radical (unpaired) electrons. The first-order valence-corrected chi connectivity index (χ1v) is 19.2. The van der Waals surface area contributed by atoms with Gasteiger partial charge in [-0.15, -0.1) is 22.7 Å². The van der Waals surface area contributed by atoms with Gasteiger partial charge in [0.1, 0.15) is 0 Å². The predicted octanol–water partition coefficient (Wildman–Crippen LogP) is 15.0. The Balaban J connectivity index is 1.98. The van der Waals surface area contributed by atoms with Gasteiger partial charge in [0.05, 0.1) is 0 Å². The number of halogens is 6. The smallest absolute Gasteiger partial charge is 0.194 e. The highest BCUT2D eigenvalue weighted by atomic mass is 32.1. The van der Waals surface area contributed by atoms with Gasteiger partial charge in [0.15, 0.2) is 0 Å². The highest BCUT2D eigenvalue weighted by Crippen LogP contribution is 2.68. The first-order chi connectivity index (χ1) is 23.3. The molecule has 0 spiro atoms. The van der Waals surface area contributed by atoms with Gasteiger partial charge in [-0.05, 0) is 73.6 Å². The molecule has 0 fully saturated rings. The van der Waals surface area contributed by atoms with Gasteiger partial charge in [0.25, 0.3) is 0 Å². The molecule has 0 N–H and O–H groups in total. The summed E-state index contributed by atoms with van der Waals surface area (Å²) in [7, 11) is 0. The fraction of sp³-hybridized carbons (Fsp3) is 0.463. The Bertz CT molecular complexity index is 1620. The number of benzene rings is 2. The van der Waals surface area contributed by atoms with Crippen LogP contribution in [-0.2, 0) is 0 Å². The fourth-order valence-corrected chi connectivity index (χ4v) is 10.6. The zero-order valence-corrected chi connectivity index (χ0v) is 30.8. The molecule has 2 aromatic heterocycles. The van der Waals surface area contributed by atoms with Crippen LogP contribution in [0.4, 0.5) is 26.3 Å². The quantitative estimate of drug-likeness (QED) is 0.114. The number of rotatable bonds is 14. The summed E-state index contributed by atoms with van der Waals surface area (Å²) in [5.41, 5.74) is -0.438. The van der Waals surface area contributed by atoms with Crippen LogP contribution >= 0.6 is 22.7 Å². The molecule has 0 amide bonds. The van der Waals surface area contributed by atoms with E-state index in [1.165, 1.54) is 22.7 Å². The molecule has 5 rings (SSSR count). The van der Waals surface area contributed by atoms with Crippen LogP contribution in [0.5, 0.6) is 0 Å². The Morgan fingerprint density at radius 2 is 0.816 bits per heavy atom. The molecule has 0 bridgehead atoms. The number of alkyl halides is 6. The van der Waals surface area contributed by atoms with Crippen LogP contribution in [-0.4, -0.2) is 17.8 Å². The molecule has 2 aromatic carbocycles. The molecule has 0 aliphatic heterocycles. The lowest BCUT2D eigenvalue weighted by Gasteiger charge is -2.26. The molecule has 8 heteroatoms. The van der Waals surface area contributed by atoms with Crippen molar-refractivity contribution in [2.45, 2.75) is 123 Å². The van der Waals surface area contributed by atoms with E-state index in [1.807, 2.05) is 88.4 Å². The van der Waals surface area contributed by atoms with E-state index in [4.69, 9.17) is 0 Å². The van der Waals surface area contributed by atoms with Gasteiger partial charge >= 0.3 is 17.8 Å². The second-order valence-corrected chi connectivity index (χ2v) is 15.4. The molecule has 0 nitrogen and oxygen atoms in total. The fourth-order valence-electron chi connectivity index (χ4n) is 7.59. The third-order valence-electron chi connectivity index (χ3n) is 9.88. The Hall–Kier alpha value is -2.84.